The first-order valence-corrected chi connectivity index (χ1v) is 6.68. The first-order valence-electron chi connectivity index (χ1n) is 4.57. The third-order valence-electron chi connectivity index (χ3n) is 1.67. The first kappa shape index (κ1) is 10.9. The fraction of sp³-hybridized carbons (Fsp3) is 0.778. The predicted octanol–water partition coefficient (Wildman–Crippen LogP) is 2.73. The van der Waals surface area contributed by atoms with Crippen LogP contribution < -0.4 is 0 Å². The topological polar surface area (TPSA) is 9.23 Å². The van der Waals surface area contributed by atoms with Gasteiger partial charge in [0, 0.05) is 0 Å². The summed E-state index contributed by atoms with van der Waals surface area (Å²) in [5.74, 6) is 0. The predicted molar refractivity (Wildman–Crippen MR) is 53.5 cm³/mol. The lowest BCUT2D eigenvalue weighted by Crippen LogP contribution is -2.16. The Bertz CT molecular complexity index is 87.6. The maximum Gasteiger partial charge on any atom is 0.177 e. The van der Waals surface area contributed by atoms with Gasteiger partial charge >= 0.3 is 0 Å². The molecule has 0 aliphatic heterocycles. The van der Waals surface area contributed by atoms with E-state index in [0.717, 1.165) is 6.61 Å². The summed E-state index contributed by atoms with van der Waals surface area (Å²) in [6.45, 7) is 8.87. The molecule has 0 aromatic carbocycles. The van der Waals surface area contributed by atoms with Crippen molar-refractivity contribution >= 4 is 9.04 Å². The van der Waals surface area contributed by atoms with E-state index in [-0.39, 0.29) is 0 Å². The summed E-state index contributed by atoms with van der Waals surface area (Å²) < 4.78 is 5.69. The van der Waals surface area contributed by atoms with Gasteiger partial charge in [0.1, 0.15) is 0 Å². The van der Waals surface area contributed by atoms with Gasteiger partial charge < -0.3 is 4.43 Å². The third-order valence-corrected chi connectivity index (χ3v) is 4.78. The average molecular weight is 172 g/mol. The molecule has 11 heavy (non-hydrogen) atoms. The summed E-state index contributed by atoms with van der Waals surface area (Å²) >= 11 is 0. The van der Waals surface area contributed by atoms with E-state index in [9.17, 15) is 0 Å². The standard InChI is InChI=1S/C9H20OSi/c1-4-7-10-11(8-5-2)9-6-3/h4,11H,1,5-9H2,2-3H3. The van der Waals surface area contributed by atoms with Crippen LogP contribution in [-0.4, -0.2) is 15.6 Å². The molecule has 0 unspecified atom stereocenters. The summed E-state index contributed by atoms with van der Waals surface area (Å²) in [6.07, 6.45) is 4.40. The molecule has 0 heterocycles. The van der Waals surface area contributed by atoms with Crippen molar-refractivity contribution in [1.82, 2.24) is 0 Å². The highest BCUT2D eigenvalue weighted by atomic mass is 28.3. The van der Waals surface area contributed by atoms with E-state index in [1.807, 2.05) is 6.08 Å². The Kier molecular flexibility index (Phi) is 7.96. The molecule has 66 valence electrons. The lowest BCUT2D eigenvalue weighted by Gasteiger charge is -2.12. The second-order valence-electron chi connectivity index (χ2n) is 2.82. The molecule has 0 radical (unpaired) electrons. The maximum absolute atomic E-state index is 5.69. The van der Waals surface area contributed by atoms with Gasteiger partial charge in [-0.1, -0.05) is 32.8 Å². The Hall–Kier alpha value is -0.0831. The van der Waals surface area contributed by atoms with Crippen LogP contribution in [0.25, 0.3) is 0 Å². The second-order valence-corrected chi connectivity index (χ2v) is 5.55. The van der Waals surface area contributed by atoms with Crippen LogP contribution in [0.5, 0.6) is 0 Å². The van der Waals surface area contributed by atoms with E-state index in [1.165, 1.54) is 24.9 Å². The lowest BCUT2D eigenvalue weighted by molar-refractivity contribution is 0.363. The van der Waals surface area contributed by atoms with Crippen molar-refractivity contribution in [2.24, 2.45) is 0 Å². The van der Waals surface area contributed by atoms with E-state index in [2.05, 4.69) is 20.4 Å². The molecule has 0 aromatic rings. The van der Waals surface area contributed by atoms with Crippen molar-refractivity contribution in [1.29, 1.82) is 0 Å². The Morgan fingerprint density at radius 3 is 2.18 bits per heavy atom. The average Bonchev–Trinajstić information content (AvgIpc) is 2.01. The van der Waals surface area contributed by atoms with Crippen molar-refractivity contribution in [3.8, 4) is 0 Å². The number of hydrogen-bond acceptors (Lipinski definition) is 1. The summed E-state index contributed by atoms with van der Waals surface area (Å²) in [5.41, 5.74) is 0. The quantitative estimate of drug-likeness (QED) is 0.424. The molecule has 0 aliphatic rings. The zero-order chi connectivity index (χ0) is 8.53. The fourth-order valence-corrected chi connectivity index (χ4v) is 3.48. The Labute approximate surface area is 72.2 Å². The zero-order valence-electron chi connectivity index (χ0n) is 7.81. The molecule has 0 fully saturated rings. The van der Waals surface area contributed by atoms with Gasteiger partial charge in [-0.05, 0) is 12.1 Å². The van der Waals surface area contributed by atoms with E-state index < -0.39 is 9.04 Å². The maximum atomic E-state index is 5.69. The van der Waals surface area contributed by atoms with Gasteiger partial charge in [-0.25, -0.2) is 0 Å². The van der Waals surface area contributed by atoms with Crippen LogP contribution in [0.2, 0.25) is 12.1 Å². The molecule has 0 N–H and O–H groups in total. The van der Waals surface area contributed by atoms with Crippen LogP contribution in [0.3, 0.4) is 0 Å². The highest BCUT2D eigenvalue weighted by molar-refractivity contribution is 6.51. The zero-order valence-corrected chi connectivity index (χ0v) is 8.96. The molecule has 0 rings (SSSR count). The normalized spacial score (nSPS) is 10.5. The lowest BCUT2D eigenvalue weighted by atomic mass is 10.6. The van der Waals surface area contributed by atoms with Crippen molar-refractivity contribution < 1.29 is 4.43 Å². The molecular formula is C9H20OSi. The minimum atomic E-state index is -0.823. The summed E-state index contributed by atoms with van der Waals surface area (Å²) in [7, 11) is -0.823. The van der Waals surface area contributed by atoms with Crippen LogP contribution in [0.1, 0.15) is 26.7 Å². The van der Waals surface area contributed by atoms with Gasteiger partial charge in [-0.3, -0.25) is 0 Å². The number of rotatable bonds is 7. The third kappa shape index (κ3) is 6.32. The van der Waals surface area contributed by atoms with Crippen molar-refractivity contribution in [3.05, 3.63) is 12.7 Å². The van der Waals surface area contributed by atoms with Gasteiger partial charge in [0.2, 0.25) is 0 Å². The minimum absolute atomic E-state index is 0.761. The largest absolute Gasteiger partial charge is 0.416 e. The van der Waals surface area contributed by atoms with Gasteiger partial charge in [0.25, 0.3) is 0 Å². The molecule has 0 spiro atoms. The SMILES string of the molecule is C=CCO[SiH](CCC)CCC. The first-order chi connectivity index (χ1) is 5.35. The second kappa shape index (κ2) is 8.02. The Balaban J connectivity index is 3.41. The highest BCUT2D eigenvalue weighted by Gasteiger charge is 2.07. The molecule has 0 bridgehead atoms. The van der Waals surface area contributed by atoms with E-state index in [0.29, 0.717) is 0 Å². The van der Waals surface area contributed by atoms with Gasteiger partial charge in [-0.2, -0.15) is 0 Å². The Morgan fingerprint density at radius 2 is 1.82 bits per heavy atom. The molecule has 0 aliphatic carbocycles. The molecule has 0 amide bonds. The van der Waals surface area contributed by atoms with Crippen molar-refractivity contribution in [2.45, 2.75) is 38.8 Å². The van der Waals surface area contributed by atoms with E-state index in [1.54, 1.807) is 0 Å². The van der Waals surface area contributed by atoms with E-state index >= 15 is 0 Å². The van der Waals surface area contributed by atoms with E-state index in [4.69, 9.17) is 4.43 Å². The van der Waals surface area contributed by atoms with Gasteiger partial charge in [-0.15, -0.1) is 6.58 Å². The van der Waals surface area contributed by atoms with Crippen LogP contribution in [0.4, 0.5) is 0 Å². The van der Waals surface area contributed by atoms with Gasteiger partial charge in [0.15, 0.2) is 9.04 Å². The van der Waals surface area contributed by atoms with Crippen LogP contribution >= 0.6 is 0 Å². The molecule has 0 saturated carbocycles. The van der Waals surface area contributed by atoms with Crippen LogP contribution in [-0.2, 0) is 4.43 Å². The highest BCUT2D eigenvalue weighted by Crippen LogP contribution is 2.06. The monoisotopic (exact) mass is 172 g/mol. The Morgan fingerprint density at radius 1 is 1.27 bits per heavy atom. The summed E-state index contributed by atoms with van der Waals surface area (Å²) in [4.78, 5) is 0. The van der Waals surface area contributed by atoms with Gasteiger partial charge in [0.05, 0.1) is 6.61 Å². The van der Waals surface area contributed by atoms with Crippen LogP contribution in [0.15, 0.2) is 12.7 Å². The molecule has 0 atom stereocenters. The molecule has 0 saturated heterocycles. The van der Waals surface area contributed by atoms with Crippen LogP contribution in [0, 0.1) is 0 Å². The van der Waals surface area contributed by atoms with Crippen molar-refractivity contribution in [2.75, 3.05) is 6.61 Å². The number of hydrogen-bond donors (Lipinski definition) is 0. The summed E-state index contributed by atoms with van der Waals surface area (Å²) in [6, 6.07) is 2.64. The fourth-order valence-electron chi connectivity index (χ4n) is 1.16. The van der Waals surface area contributed by atoms with Crippen molar-refractivity contribution in [3.63, 3.8) is 0 Å². The molecular weight excluding hydrogens is 152 g/mol. The molecule has 1 nitrogen and oxygen atoms in total. The molecule has 0 aromatic heterocycles. The molecule has 2 heteroatoms. The smallest absolute Gasteiger partial charge is 0.177 e. The summed E-state index contributed by atoms with van der Waals surface area (Å²) in [5, 5.41) is 0. The minimum Gasteiger partial charge on any atom is -0.416 e.